The number of hydrogen-bond donors (Lipinski definition) is 2. The largest absolute Gasteiger partial charge is 0.460 e. The fourth-order valence-electron chi connectivity index (χ4n) is 2.41. The minimum atomic E-state index is -0.527. The third-order valence-corrected chi connectivity index (χ3v) is 3.45. The van der Waals surface area contributed by atoms with Gasteiger partial charge < -0.3 is 14.8 Å². The summed E-state index contributed by atoms with van der Waals surface area (Å²) in [6.45, 7) is 7.83. The molecule has 0 unspecified atom stereocenters. The molecule has 24 heavy (non-hydrogen) atoms. The first-order chi connectivity index (χ1) is 11.2. The SMILES string of the molecule is Cc1ccc(CON)cc1C[C@@H](CC(=O)OC(C)(C)C)NBC=O. The van der Waals surface area contributed by atoms with Gasteiger partial charge in [0.25, 0.3) is 7.41 Å². The predicted molar refractivity (Wildman–Crippen MR) is 95.1 cm³/mol. The zero-order valence-electron chi connectivity index (χ0n) is 14.9. The fourth-order valence-corrected chi connectivity index (χ4v) is 2.41. The van der Waals surface area contributed by atoms with Crippen molar-refractivity contribution in [3.8, 4) is 0 Å². The molecule has 0 spiro atoms. The summed E-state index contributed by atoms with van der Waals surface area (Å²) >= 11 is 0. The standard InChI is InChI=1S/C17H27BN2O4/c1-12-5-6-13(10-23-19)7-14(12)8-15(20-18-11-21)9-16(22)24-17(2,3)4/h5-7,11,15,18,20H,8-10,19H2,1-4H3/t15-/m0/s1. The first-order valence-electron chi connectivity index (χ1n) is 8.04. The molecule has 6 nitrogen and oxygen atoms in total. The Bertz CT molecular complexity index is 558. The maximum atomic E-state index is 12.1. The number of aryl methyl sites for hydroxylation is 1. The van der Waals surface area contributed by atoms with Crippen LogP contribution in [-0.2, 0) is 32.2 Å². The summed E-state index contributed by atoms with van der Waals surface area (Å²) in [5.74, 6) is 4.84. The van der Waals surface area contributed by atoms with Gasteiger partial charge in [0.1, 0.15) is 5.60 Å². The summed E-state index contributed by atoms with van der Waals surface area (Å²) in [5.41, 5.74) is 2.62. The Hall–Kier alpha value is -1.70. The molecule has 3 N–H and O–H groups in total. The fraction of sp³-hybridized carbons (Fsp3) is 0.529. The first kappa shape index (κ1) is 20.3. The van der Waals surface area contributed by atoms with E-state index in [0.717, 1.165) is 22.9 Å². The van der Waals surface area contributed by atoms with E-state index in [4.69, 9.17) is 10.6 Å². The van der Waals surface area contributed by atoms with Gasteiger partial charge in [-0.05, 0) is 50.8 Å². The molecular weight excluding hydrogens is 307 g/mol. The highest BCUT2D eigenvalue weighted by Gasteiger charge is 2.21. The van der Waals surface area contributed by atoms with Crippen molar-refractivity contribution in [3.63, 3.8) is 0 Å². The van der Waals surface area contributed by atoms with E-state index < -0.39 is 5.60 Å². The molecule has 0 aliphatic carbocycles. The van der Waals surface area contributed by atoms with E-state index in [1.807, 2.05) is 45.9 Å². The van der Waals surface area contributed by atoms with E-state index in [1.54, 1.807) is 0 Å². The second kappa shape index (κ2) is 9.56. The summed E-state index contributed by atoms with van der Waals surface area (Å²) in [5, 5.41) is 3.09. The molecule has 0 fully saturated rings. The number of hydrogen-bond acceptors (Lipinski definition) is 6. The highest BCUT2D eigenvalue weighted by atomic mass is 16.6. The first-order valence-corrected chi connectivity index (χ1v) is 8.04. The molecule has 0 amide bonds. The number of benzene rings is 1. The maximum Gasteiger partial charge on any atom is 0.307 e. The Balaban J connectivity index is 2.83. The van der Waals surface area contributed by atoms with Gasteiger partial charge in [0.2, 0.25) is 0 Å². The molecule has 1 aromatic rings. The van der Waals surface area contributed by atoms with Crippen molar-refractivity contribution in [2.75, 3.05) is 0 Å². The van der Waals surface area contributed by atoms with Gasteiger partial charge in [-0.2, -0.15) is 0 Å². The van der Waals surface area contributed by atoms with Gasteiger partial charge in [-0.25, -0.2) is 5.90 Å². The molecule has 1 aromatic carbocycles. The van der Waals surface area contributed by atoms with Gasteiger partial charge in [0.05, 0.1) is 19.2 Å². The zero-order chi connectivity index (χ0) is 18.2. The molecular formula is C17H27BN2O4. The lowest BCUT2D eigenvalue weighted by atomic mass is 9.91. The summed E-state index contributed by atoms with van der Waals surface area (Å²) in [7, 11) is 0.193. The molecule has 1 atom stereocenters. The van der Waals surface area contributed by atoms with E-state index in [1.165, 1.54) is 0 Å². The number of esters is 1. The average Bonchev–Trinajstić information content (AvgIpc) is 2.46. The third-order valence-electron chi connectivity index (χ3n) is 3.45. The van der Waals surface area contributed by atoms with Crippen LogP contribution in [0.4, 0.5) is 0 Å². The van der Waals surface area contributed by atoms with E-state index in [9.17, 15) is 9.59 Å². The zero-order valence-corrected chi connectivity index (χ0v) is 14.9. The Labute approximate surface area is 144 Å². The number of nitrogens with two attached hydrogens (primary N) is 1. The van der Waals surface area contributed by atoms with Crippen LogP contribution in [0.3, 0.4) is 0 Å². The number of nitrogens with one attached hydrogen (secondary N) is 1. The molecule has 132 valence electrons. The van der Waals surface area contributed by atoms with Gasteiger partial charge >= 0.3 is 5.97 Å². The second-order valence-corrected chi connectivity index (χ2v) is 6.84. The molecule has 0 radical (unpaired) electrons. The summed E-state index contributed by atoms with van der Waals surface area (Å²) < 4.78 is 5.37. The molecule has 0 aromatic heterocycles. The number of carbonyl (C=O) groups excluding carboxylic acids is 2. The Morgan fingerprint density at radius 2 is 2.12 bits per heavy atom. The molecule has 0 aliphatic heterocycles. The predicted octanol–water partition coefficient (Wildman–Crippen LogP) is 1.16. The van der Waals surface area contributed by atoms with Crippen molar-refractivity contribution < 1.29 is 19.2 Å². The Kier molecular flexibility index (Phi) is 8.11. The minimum absolute atomic E-state index is 0.183. The van der Waals surface area contributed by atoms with Gasteiger partial charge in [0, 0.05) is 6.04 Å². The van der Waals surface area contributed by atoms with Crippen LogP contribution in [0.15, 0.2) is 18.2 Å². The van der Waals surface area contributed by atoms with Gasteiger partial charge in [-0.1, -0.05) is 18.2 Å². The molecule has 0 heterocycles. The van der Waals surface area contributed by atoms with E-state index in [2.05, 4.69) is 10.1 Å². The van der Waals surface area contributed by atoms with Crippen molar-refractivity contribution >= 4 is 19.6 Å². The number of ether oxygens (including phenoxy) is 1. The van der Waals surface area contributed by atoms with Crippen LogP contribution in [-0.4, -0.2) is 31.2 Å². The quantitative estimate of drug-likeness (QED) is 0.305. The van der Waals surface area contributed by atoms with Crippen LogP contribution in [0.5, 0.6) is 0 Å². The van der Waals surface area contributed by atoms with Crippen LogP contribution < -0.4 is 11.1 Å². The van der Waals surface area contributed by atoms with Crippen molar-refractivity contribution in [2.24, 2.45) is 5.90 Å². The molecule has 0 saturated heterocycles. The lowest BCUT2D eigenvalue weighted by Crippen LogP contribution is -2.38. The smallest absolute Gasteiger partial charge is 0.307 e. The van der Waals surface area contributed by atoms with Gasteiger partial charge in [0.15, 0.2) is 0 Å². The van der Waals surface area contributed by atoms with Crippen molar-refractivity contribution in [3.05, 3.63) is 34.9 Å². The van der Waals surface area contributed by atoms with Crippen molar-refractivity contribution in [1.82, 2.24) is 5.23 Å². The van der Waals surface area contributed by atoms with Crippen LogP contribution in [0.25, 0.3) is 0 Å². The van der Waals surface area contributed by atoms with Gasteiger partial charge in [-0.3, -0.25) is 9.63 Å². The monoisotopic (exact) mass is 334 g/mol. The summed E-state index contributed by atoms with van der Waals surface area (Å²) in [4.78, 5) is 27.4. The minimum Gasteiger partial charge on any atom is -0.460 e. The van der Waals surface area contributed by atoms with Crippen LogP contribution in [0.1, 0.15) is 43.9 Å². The maximum absolute atomic E-state index is 12.1. The second-order valence-electron chi connectivity index (χ2n) is 6.84. The third kappa shape index (κ3) is 7.72. The average molecular weight is 334 g/mol. The molecule has 7 heteroatoms. The highest BCUT2D eigenvalue weighted by molar-refractivity contribution is 6.64. The van der Waals surface area contributed by atoms with E-state index in [0.29, 0.717) is 13.0 Å². The van der Waals surface area contributed by atoms with Crippen molar-refractivity contribution in [1.29, 1.82) is 0 Å². The van der Waals surface area contributed by atoms with Gasteiger partial charge in [-0.15, -0.1) is 0 Å². The molecule has 1 rings (SSSR count). The Morgan fingerprint density at radius 1 is 1.42 bits per heavy atom. The van der Waals surface area contributed by atoms with E-state index in [-0.39, 0.29) is 25.8 Å². The number of rotatable bonds is 9. The van der Waals surface area contributed by atoms with Crippen molar-refractivity contribution in [2.45, 2.75) is 58.8 Å². The highest BCUT2D eigenvalue weighted by Crippen LogP contribution is 2.16. The normalized spacial score (nSPS) is 12.5. The topological polar surface area (TPSA) is 90.7 Å². The lowest BCUT2D eigenvalue weighted by molar-refractivity contribution is -0.155. The van der Waals surface area contributed by atoms with E-state index >= 15 is 0 Å². The number of carbonyl (C=O) groups is 2. The molecule has 0 saturated carbocycles. The molecule has 0 aliphatic rings. The van der Waals surface area contributed by atoms with Crippen LogP contribution in [0, 0.1) is 6.92 Å². The van der Waals surface area contributed by atoms with Crippen LogP contribution in [0.2, 0.25) is 0 Å². The lowest BCUT2D eigenvalue weighted by Gasteiger charge is -2.23. The van der Waals surface area contributed by atoms with Crippen LogP contribution >= 0.6 is 0 Å². The summed E-state index contributed by atoms with van der Waals surface area (Å²) in [6, 6.07) is 5.77. The summed E-state index contributed by atoms with van der Waals surface area (Å²) in [6.07, 6.45) is 1.59. The Morgan fingerprint density at radius 3 is 2.71 bits per heavy atom. The molecule has 0 bridgehead atoms.